The third kappa shape index (κ3) is 3.31. The number of hydrogen-bond acceptors (Lipinski definition) is 4. The fraction of sp³-hybridized carbons (Fsp3) is 0.308. The van der Waals surface area contributed by atoms with Crippen molar-refractivity contribution in [2.75, 3.05) is 5.32 Å². The van der Waals surface area contributed by atoms with Crippen molar-refractivity contribution in [1.29, 1.82) is 0 Å². The number of nitrogens with one attached hydrogen (secondary N) is 2. The van der Waals surface area contributed by atoms with Gasteiger partial charge < -0.3 is 15.2 Å². The van der Waals surface area contributed by atoms with Crippen LogP contribution in [0.5, 0.6) is 0 Å². The summed E-state index contributed by atoms with van der Waals surface area (Å²) in [6.45, 7) is 5.32. The Labute approximate surface area is 111 Å². The lowest BCUT2D eigenvalue weighted by molar-refractivity contribution is 0.239. The highest BCUT2D eigenvalue weighted by Gasteiger charge is 2.28. The second-order valence-electron chi connectivity index (χ2n) is 4.71. The zero-order valence-corrected chi connectivity index (χ0v) is 11.1. The van der Waals surface area contributed by atoms with Gasteiger partial charge in [-0.1, -0.05) is 23.4 Å². The molecule has 2 amide bonds. The van der Waals surface area contributed by atoms with Crippen LogP contribution in [0.4, 0.5) is 10.5 Å². The molecule has 1 aromatic heterocycles. The van der Waals surface area contributed by atoms with Crippen LogP contribution < -0.4 is 10.6 Å². The molecule has 2 N–H and O–H groups in total. The molecule has 1 heterocycles. The zero-order valence-electron chi connectivity index (χ0n) is 11.1. The molecular formula is C13H16N4O2. The molecule has 0 aliphatic heterocycles. The molecule has 0 saturated carbocycles. The molecule has 0 spiro atoms. The standard InChI is InChI=1S/C13H16N4O2/c1-9-14-11(17-19-9)13(2,3)16-12(18)15-10-7-5-4-6-8-10/h4-8H,1-3H3,(H2,15,16,18). The number of urea groups is 1. The van der Waals surface area contributed by atoms with Crippen molar-refractivity contribution in [2.24, 2.45) is 0 Å². The number of amides is 2. The summed E-state index contributed by atoms with van der Waals surface area (Å²) in [5.41, 5.74) is 0.0106. The number of aryl methyl sites for hydroxylation is 1. The third-order valence-corrected chi connectivity index (χ3v) is 2.54. The molecule has 0 unspecified atom stereocenters. The second kappa shape index (κ2) is 5.09. The molecule has 2 aromatic rings. The first-order valence-electron chi connectivity index (χ1n) is 5.92. The fourth-order valence-electron chi connectivity index (χ4n) is 1.58. The maximum absolute atomic E-state index is 11.9. The molecule has 0 radical (unpaired) electrons. The Morgan fingerprint density at radius 2 is 1.95 bits per heavy atom. The topological polar surface area (TPSA) is 80.0 Å². The first-order valence-corrected chi connectivity index (χ1v) is 5.92. The van der Waals surface area contributed by atoms with Crippen molar-refractivity contribution in [2.45, 2.75) is 26.3 Å². The molecule has 0 fully saturated rings. The van der Waals surface area contributed by atoms with Gasteiger partial charge in [-0.3, -0.25) is 0 Å². The van der Waals surface area contributed by atoms with Crippen molar-refractivity contribution in [3.63, 3.8) is 0 Å². The van der Waals surface area contributed by atoms with Gasteiger partial charge in [0.25, 0.3) is 0 Å². The molecule has 6 heteroatoms. The molecule has 0 bridgehead atoms. The van der Waals surface area contributed by atoms with Gasteiger partial charge in [0, 0.05) is 12.6 Å². The predicted molar refractivity (Wildman–Crippen MR) is 70.7 cm³/mol. The molecule has 19 heavy (non-hydrogen) atoms. The van der Waals surface area contributed by atoms with Crippen molar-refractivity contribution in [3.05, 3.63) is 42.0 Å². The van der Waals surface area contributed by atoms with Crippen molar-refractivity contribution in [3.8, 4) is 0 Å². The minimum absolute atomic E-state index is 0.321. The second-order valence-corrected chi connectivity index (χ2v) is 4.71. The van der Waals surface area contributed by atoms with Crippen LogP contribution in [-0.2, 0) is 5.54 Å². The number of benzene rings is 1. The van der Waals surface area contributed by atoms with E-state index in [-0.39, 0.29) is 6.03 Å². The molecule has 0 aliphatic carbocycles. The maximum Gasteiger partial charge on any atom is 0.320 e. The molecular weight excluding hydrogens is 244 g/mol. The van der Waals surface area contributed by atoms with E-state index in [9.17, 15) is 4.79 Å². The predicted octanol–water partition coefficient (Wildman–Crippen LogP) is 2.43. The first kappa shape index (κ1) is 13.1. The van der Waals surface area contributed by atoms with Gasteiger partial charge in [-0.2, -0.15) is 4.98 Å². The Kier molecular flexibility index (Phi) is 3.50. The van der Waals surface area contributed by atoms with E-state index in [1.807, 2.05) is 44.2 Å². The summed E-state index contributed by atoms with van der Waals surface area (Å²) in [6.07, 6.45) is 0. The van der Waals surface area contributed by atoms with Gasteiger partial charge in [0.15, 0.2) is 5.82 Å². The Bertz CT molecular complexity index is 563. The Morgan fingerprint density at radius 1 is 1.26 bits per heavy atom. The smallest absolute Gasteiger partial charge is 0.320 e. The van der Waals surface area contributed by atoms with Crippen LogP contribution in [0.25, 0.3) is 0 Å². The number of carbonyl (C=O) groups excluding carboxylic acids is 1. The maximum atomic E-state index is 11.9. The summed E-state index contributed by atoms with van der Waals surface area (Å²) < 4.78 is 4.92. The summed E-state index contributed by atoms with van der Waals surface area (Å²) in [7, 11) is 0. The van der Waals surface area contributed by atoms with Crippen LogP contribution in [0.1, 0.15) is 25.6 Å². The van der Waals surface area contributed by atoms with E-state index in [0.29, 0.717) is 11.7 Å². The first-order chi connectivity index (χ1) is 8.97. The van der Waals surface area contributed by atoms with E-state index in [1.165, 1.54) is 0 Å². The summed E-state index contributed by atoms with van der Waals surface area (Å²) in [4.78, 5) is 16.0. The minimum Gasteiger partial charge on any atom is -0.340 e. The number of aromatic nitrogens is 2. The molecule has 100 valence electrons. The quantitative estimate of drug-likeness (QED) is 0.888. The van der Waals surface area contributed by atoms with Crippen molar-refractivity contribution < 1.29 is 9.32 Å². The fourth-order valence-corrected chi connectivity index (χ4v) is 1.58. The SMILES string of the molecule is Cc1nc(C(C)(C)NC(=O)Nc2ccccc2)no1. The van der Waals surface area contributed by atoms with Crippen LogP contribution in [0.3, 0.4) is 0 Å². The number of anilines is 1. The van der Waals surface area contributed by atoms with Crippen LogP contribution in [0.15, 0.2) is 34.9 Å². The number of para-hydroxylation sites is 1. The molecule has 1 aromatic carbocycles. The van der Waals surface area contributed by atoms with Crippen LogP contribution in [0, 0.1) is 6.92 Å². The van der Waals surface area contributed by atoms with Gasteiger partial charge >= 0.3 is 6.03 Å². The Morgan fingerprint density at radius 3 is 2.53 bits per heavy atom. The van der Waals surface area contributed by atoms with E-state index in [4.69, 9.17) is 4.52 Å². The molecule has 0 atom stereocenters. The highest BCUT2D eigenvalue weighted by atomic mass is 16.5. The largest absolute Gasteiger partial charge is 0.340 e. The highest BCUT2D eigenvalue weighted by molar-refractivity contribution is 5.89. The zero-order chi connectivity index (χ0) is 13.9. The summed E-state index contributed by atoms with van der Waals surface area (Å²) >= 11 is 0. The lowest BCUT2D eigenvalue weighted by Crippen LogP contribution is -2.44. The van der Waals surface area contributed by atoms with Gasteiger partial charge in [0.2, 0.25) is 5.89 Å². The Balaban J connectivity index is 2.02. The van der Waals surface area contributed by atoms with Crippen LogP contribution in [-0.4, -0.2) is 16.2 Å². The third-order valence-electron chi connectivity index (χ3n) is 2.54. The van der Waals surface area contributed by atoms with Crippen LogP contribution in [0.2, 0.25) is 0 Å². The van der Waals surface area contributed by atoms with Gasteiger partial charge in [-0.15, -0.1) is 0 Å². The molecule has 0 aliphatic rings. The summed E-state index contributed by atoms with van der Waals surface area (Å²) in [5, 5.41) is 9.36. The number of hydrogen-bond donors (Lipinski definition) is 2. The average Bonchev–Trinajstić information content (AvgIpc) is 2.77. The highest BCUT2D eigenvalue weighted by Crippen LogP contribution is 2.16. The lowest BCUT2D eigenvalue weighted by atomic mass is 10.1. The number of rotatable bonds is 3. The number of nitrogens with zero attached hydrogens (tertiary/aromatic N) is 2. The van der Waals surface area contributed by atoms with Gasteiger partial charge in [0.05, 0.1) is 5.54 Å². The molecule has 2 rings (SSSR count). The molecule has 0 saturated heterocycles. The van der Waals surface area contributed by atoms with E-state index in [0.717, 1.165) is 5.69 Å². The van der Waals surface area contributed by atoms with E-state index >= 15 is 0 Å². The minimum atomic E-state index is -0.712. The summed E-state index contributed by atoms with van der Waals surface area (Å²) in [5.74, 6) is 0.904. The van der Waals surface area contributed by atoms with Gasteiger partial charge in [-0.05, 0) is 26.0 Å². The van der Waals surface area contributed by atoms with Gasteiger partial charge in [0.1, 0.15) is 0 Å². The summed E-state index contributed by atoms with van der Waals surface area (Å²) in [6, 6.07) is 8.89. The van der Waals surface area contributed by atoms with E-state index in [1.54, 1.807) is 6.92 Å². The Hall–Kier alpha value is -2.37. The van der Waals surface area contributed by atoms with Crippen molar-refractivity contribution in [1.82, 2.24) is 15.5 Å². The van der Waals surface area contributed by atoms with Crippen LogP contribution >= 0.6 is 0 Å². The number of carbonyl (C=O) groups is 1. The molecule has 6 nitrogen and oxygen atoms in total. The average molecular weight is 260 g/mol. The normalized spacial score (nSPS) is 11.1. The van der Waals surface area contributed by atoms with Crippen molar-refractivity contribution >= 4 is 11.7 Å². The van der Waals surface area contributed by atoms with E-state index < -0.39 is 5.54 Å². The lowest BCUT2D eigenvalue weighted by Gasteiger charge is -2.22. The van der Waals surface area contributed by atoms with Gasteiger partial charge in [-0.25, -0.2) is 4.79 Å². The van der Waals surface area contributed by atoms with E-state index in [2.05, 4.69) is 20.8 Å². The monoisotopic (exact) mass is 260 g/mol.